The summed E-state index contributed by atoms with van der Waals surface area (Å²) < 4.78 is 25.3. The largest absolute Gasteiger partial charge is 0.476 e. The van der Waals surface area contributed by atoms with Crippen molar-refractivity contribution in [1.29, 1.82) is 0 Å². The number of anilines is 1. The van der Waals surface area contributed by atoms with Gasteiger partial charge in [0.1, 0.15) is 18.0 Å². The number of ether oxygens (including phenoxy) is 1. The second-order valence-electron chi connectivity index (χ2n) is 11.5. The van der Waals surface area contributed by atoms with E-state index in [-0.39, 0.29) is 23.0 Å². The molecule has 10 heteroatoms. The Morgan fingerprint density at radius 2 is 1.98 bits per heavy atom. The highest BCUT2D eigenvalue weighted by Gasteiger charge is 2.64. The fourth-order valence-corrected chi connectivity index (χ4v) is 7.51. The van der Waals surface area contributed by atoms with E-state index >= 15 is 4.39 Å². The molecule has 1 aromatic heterocycles. The number of amides is 1. The van der Waals surface area contributed by atoms with Crippen LogP contribution in [0.15, 0.2) is 59.1 Å². The molecule has 0 unspecified atom stereocenters. The number of fused-ring (bicyclic) bond motifs is 5. The summed E-state index contributed by atoms with van der Waals surface area (Å²) >= 11 is 16.3. The Labute approximate surface area is 255 Å². The maximum Gasteiger partial charge on any atom is 0.245 e. The molecule has 3 aromatic carbocycles. The van der Waals surface area contributed by atoms with Crippen LogP contribution >= 0.6 is 39.1 Å². The maximum atomic E-state index is 16.0. The zero-order valence-electron chi connectivity index (χ0n) is 22.5. The Kier molecular flexibility index (Phi) is 6.62. The fourth-order valence-electron chi connectivity index (χ4n) is 6.81. The molecule has 2 fully saturated rings. The fraction of sp³-hybridized carbons (Fsp3) is 0.355. The number of carbonyl (C=O) groups excluding carboxylic acids is 1. The van der Waals surface area contributed by atoms with Crippen molar-refractivity contribution in [3.8, 4) is 5.88 Å². The van der Waals surface area contributed by atoms with E-state index in [4.69, 9.17) is 33.0 Å². The number of likely N-dealkylation sites (tertiary alicyclic amines) is 1. The zero-order chi connectivity index (χ0) is 28.6. The second kappa shape index (κ2) is 9.97. The third-order valence-electron chi connectivity index (χ3n) is 9.04. The average Bonchev–Trinajstić information content (AvgIpc) is 3.63. The molecule has 1 amide bonds. The molecule has 212 valence electrons. The number of halogens is 4. The van der Waals surface area contributed by atoms with Crippen LogP contribution < -0.4 is 10.1 Å². The molecule has 0 bridgehead atoms. The molecule has 4 aromatic rings. The molecule has 4 atom stereocenters. The van der Waals surface area contributed by atoms with Gasteiger partial charge in [-0.3, -0.25) is 9.69 Å². The van der Waals surface area contributed by atoms with Crippen LogP contribution in [0, 0.1) is 18.7 Å². The van der Waals surface area contributed by atoms with Crippen molar-refractivity contribution in [3.05, 3.63) is 86.1 Å². The van der Waals surface area contributed by atoms with Gasteiger partial charge in [-0.2, -0.15) is 5.10 Å². The molecular formula is C31H28BrCl2FN4O2. The lowest BCUT2D eigenvalue weighted by atomic mass is 9.77. The zero-order valence-corrected chi connectivity index (χ0v) is 25.6. The van der Waals surface area contributed by atoms with Crippen LogP contribution in [0.3, 0.4) is 0 Å². The standard InChI is InChI=1S/C31H28BrCl2FN4O2/c1-16-21(32)11-12-23-25(16)29-39(37-23)28-24(15-41-29)38(14-17-9-10-17)31(2,26(28)20-7-4-8-22(34)27(20)35)30(40)36-19-6-3-5-18(33)13-19/h3-8,11-13,17,24,26,28H,9-10,14-15H2,1-2H3,(H,36,40)/t24-,26-,28+,31+/m0/s1. The Morgan fingerprint density at radius 1 is 1.20 bits per heavy atom. The lowest BCUT2D eigenvalue weighted by Gasteiger charge is -2.39. The molecule has 0 spiro atoms. The van der Waals surface area contributed by atoms with Gasteiger partial charge < -0.3 is 10.1 Å². The number of aromatic nitrogens is 2. The highest BCUT2D eigenvalue weighted by Crippen LogP contribution is 2.57. The molecule has 1 N–H and O–H groups in total. The number of benzene rings is 3. The van der Waals surface area contributed by atoms with E-state index in [0.29, 0.717) is 41.2 Å². The van der Waals surface area contributed by atoms with Crippen molar-refractivity contribution < 1.29 is 13.9 Å². The minimum absolute atomic E-state index is 0.0231. The van der Waals surface area contributed by atoms with Crippen LogP contribution in [-0.2, 0) is 4.79 Å². The predicted octanol–water partition coefficient (Wildman–Crippen LogP) is 7.76. The van der Waals surface area contributed by atoms with Gasteiger partial charge in [-0.05, 0) is 80.1 Å². The topological polar surface area (TPSA) is 59.4 Å². The van der Waals surface area contributed by atoms with Gasteiger partial charge in [0.15, 0.2) is 0 Å². The van der Waals surface area contributed by atoms with Gasteiger partial charge in [0.25, 0.3) is 0 Å². The van der Waals surface area contributed by atoms with E-state index < -0.39 is 17.3 Å². The summed E-state index contributed by atoms with van der Waals surface area (Å²) in [7, 11) is 0. The van der Waals surface area contributed by atoms with Crippen molar-refractivity contribution in [3.63, 3.8) is 0 Å². The summed E-state index contributed by atoms with van der Waals surface area (Å²) in [5.74, 6) is -0.274. The van der Waals surface area contributed by atoms with Crippen LogP contribution in [-0.4, -0.2) is 45.3 Å². The van der Waals surface area contributed by atoms with Crippen molar-refractivity contribution in [2.75, 3.05) is 18.5 Å². The summed E-state index contributed by atoms with van der Waals surface area (Å²) in [6.07, 6.45) is 2.20. The van der Waals surface area contributed by atoms with E-state index in [2.05, 4.69) is 26.1 Å². The number of aryl methyl sites for hydroxylation is 1. The lowest BCUT2D eigenvalue weighted by Crippen LogP contribution is -2.57. The summed E-state index contributed by atoms with van der Waals surface area (Å²) in [6, 6.07) is 15.4. The van der Waals surface area contributed by atoms with Gasteiger partial charge in [-0.25, -0.2) is 9.07 Å². The maximum absolute atomic E-state index is 16.0. The van der Waals surface area contributed by atoms with Crippen molar-refractivity contribution in [1.82, 2.24) is 14.7 Å². The SMILES string of the molecule is Cc1c(Br)ccc2nn3c(c12)OC[C@H]1[C@@H]3[C@H](c2cccc(Cl)c2F)[C@](C)(C(=O)Nc2cccc(Cl)c2)N1CC1CC1. The summed E-state index contributed by atoms with van der Waals surface area (Å²) in [4.78, 5) is 16.8. The van der Waals surface area contributed by atoms with Crippen molar-refractivity contribution in [2.24, 2.45) is 5.92 Å². The van der Waals surface area contributed by atoms with Crippen molar-refractivity contribution in [2.45, 2.75) is 50.2 Å². The van der Waals surface area contributed by atoms with Gasteiger partial charge >= 0.3 is 0 Å². The Balaban J connectivity index is 1.45. The quantitative estimate of drug-likeness (QED) is 0.238. The van der Waals surface area contributed by atoms with Crippen LogP contribution in [0.5, 0.6) is 5.88 Å². The predicted molar refractivity (Wildman–Crippen MR) is 163 cm³/mol. The van der Waals surface area contributed by atoms with Gasteiger partial charge in [0, 0.05) is 27.6 Å². The molecule has 6 nitrogen and oxygen atoms in total. The molecule has 3 heterocycles. The number of nitrogens with one attached hydrogen (secondary N) is 1. The van der Waals surface area contributed by atoms with Crippen LogP contribution in [0.2, 0.25) is 10.0 Å². The number of nitrogens with zero attached hydrogens (tertiary/aromatic N) is 3. The van der Waals surface area contributed by atoms with Crippen LogP contribution in [0.25, 0.3) is 10.9 Å². The molecule has 1 saturated heterocycles. The van der Waals surface area contributed by atoms with Crippen LogP contribution in [0.1, 0.15) is 42.9 Å². The molecular weight excluding hydrogens is 630 g/mol. The monoisotopic (exact) mass is 656 g/mol. The summed E-state index contributed by atoms with van der Waals surface area (Å²) in [5, 5.41) is 9.57. The molecule has 7 rings (SSSR count). The van der Waals surface area contributed by atoms with Crippen molar-refractivity contribution >= 4 is 61.6 Å². The Hall–Kier alpha value is -2.65. The normalized spacial score (nSPS) is 25.6. The van der Waals surface area contributed by atoms with Gasteiger partial charge in [-0.15, -0.1) is 0 Å². The second-order valence-corrected chi connectivity index (χ2v) is 13.2. The first kappa shape index (κ1) is 27.2. The average molecular weight is 658 g/mol. The first-order valence-corrected chi connectivity index (χ1v) is 15.3. The molecule has 2 aliphatic heterocycles. The molecule has 0 radical (unpaired) electrons. The van der Waals surface area contributed by atoms with E-state index in [1.807, 2.05) is 30.7 Å². The smallest absolute Gasteiger partial charge is 0.245 e. The van der Waals surface area contributed by atoms with E-state index in [1.54, 1.807) is 36.4 Å². The molecule has 41 heavy (non-hydrogen) atoms. The minimum Gasteiger partial charge on any atom is -0.476 e. The Morgan fingerprint density at radius 3 is 2.73 bits per heavy atom. The highest BCUT2D eigenvalue weighted by molar-refractivity contribution is 9.10. The molecule has 1 saturated carbocycles. The summed E-state index contributed by atoms with van der Waals surface area (Å²) in [5.41, 5.74) is 1.61. The Bertz CT molecular complexity index is 1710. The number of hydrogen-bond acceptors (Lipinski definition) is 4. The number of rotatable bonds is 5. The number of carbonyl (C=O) groups is 1. The number of hydrogen-bond donors (Lipinski definition) is 1. The highest BCUT2D eigenvalue weighted by atomic mass is 79.9. The third-order valence-corrected chi connectivity index (χ3v) is 10.4. The third kappa shape index (κ3) is 4.29. The molecule has 3 aliphatic rings. The first-order valence-electron chi connectivity index (χ1n) is 13.8. The first-order chi connectivity index (χ1) is 19.7. The molecule has 1 aliphatic carbocycles. The minimum atomic E-state index is -1.16. The van der Waals surface area contributed by atoms with E-state index in [9.17, 15) is 4.79 Å². The van der Waals surface area contributed by atoms with Crippen LogP contribution in [0.4, 0.5) is 10.1 Å². The lowest BCUT2D eigenvalue weighted by molar-refractivity contribution is -0.127. The van der Waals surface area contributed by atoms with E-state index in [0.717, 1.165) is 33.8 Å². The summed E-state index contributed by atoms with van der Waals surface area (Å²) in [6.45, 7) is 4.99. The van der Waals surface area contributed by atoms with Gasteiger partial charge in [0.05, 0.1) is 28.0 Å². The van der Waals surface area contributed by atoms with Gasteiger partial charge in [0.2, 0.25) is 11.8 Å². The van der Waals surface area contributed by atoms with E-state index in [1.165, 1.54) is 6.07 Å². The van der Waals surface area contributed by atoms with Gasteiger partial charge in [-0.1, -0.05) is 57.3 Å².